The van der Waals surface area contributed by atoms with Crippen molar-refractivity contribution in [2.75, 3.05) is 66.9 Å². The first-order chi connectivity index (χ1) is 29.4. The van der Waals surface area contributed by atoms with E-state index in [9.17, 15) is 30.3 Å². The van der Waals surface area contributed by atoms with Gasteiger partial charge < -0.3 is 45.6 Å². The van der Waals surface area contributed by atoms with Gasteiger partial charge in [0.2, 0.25) is 0 Å². The molecule has 1 spiro atoms. The van der Waals surface area contributed by atoms with Crippen LogP contribution in [0.4, 0.5) is 0 Å². The van der Waals surface area contributed by atoms with Crippen molar-refractivity contribution in [1.29, 1.82) is 0 Å². The van der Waals surface area contributed by atoms with Gasteiger partial charge in [-0.25, -0.2) is 0 Å². The third-order valence-corrected chi connectivity index (χ3v) is 14.6. The molecule has 1 aliphatic heterocycles. The zero-order valence-corrected chi connectivity index (χ0v) is 37.4. The molecule has 0 aromatic heterocycles. The number of fused-ring (bicyclic) bond motifs is 5. The lowest BCUT2D eigenvalue weighted by Crippen LogP contribution is -2.65. The Bertz CT molecular complexity index is 1760. The summed E-state index contributed by atoms with van der Waals surface area (Å²) >= 11 is 0. The first-order valence-electron chi connectivity index (χ1n) is 22.8. The normalized spacial score (nSPS) is 33.6. The monoisotopic (exact) mass is 845 g/mol. The molecule has 2 saturated carbocycles. The van der Waals surface area contributed by atoms with Crippen LogP contribution in [-0.2, 0) is 27.1 Å². The number of carbonyl (C=O) groups excluding carboxylic acids is 1. The number of nitrogens with one attached hydrogen (secondary N) is 2. The Morgan fingerprint density at radius 3 is 2.61 bits per heavy atom. The summed E-state index contributed by atoms with van der Waals surface area (Å²) in [4.78, 5) is 12.4. The number of carbonyl (C=O) groups is 1. The van der Waals surface area contributed by atoms with Crippen LogP contribution >= 0.6 is 0 Å². The van der Waals surface area contributed by atoms with Crippen molar-refractivity contribution in [2.45, 2.75) is 102 Å². The summed E-state index contributed by atoms with van der Waals surface area (Å²) in [6.45, 7) is 10.9. The van der Waals surface area contributed by atoms with E-state index >= 15 is 0 Å². The molecule has 1 aromatic carbocycles. The van der Waals surface area contributed by atoms with Gasteiger partial charge in [0.15, 0.2) is 0 Å². The van der Waals surface area contributed by atoms with E-state index < -0.39 is 17.1 Å². The average Bonchev–Trinajstić information content (AvgIpc) is 3.60. The molecule has 1 heterocycles. The van der Waals surface area contributed by atoms with Crippen LogP contribution in [0.25, 0.3) is 0 Å². The van der Waals surface area contributed by atoms with E-state index in [1.54, 1.807) is 7.11 Å². The third-order valence-electron chi connectivity index (χ3n) is 14.6. The topological polar surface area (TPSA) is 161 Å². The standard InChI is InChI=1S/C51H76N2O8/c1-36-13-14-42(30-39-10-7-11-40(29-39)31-49(53-33-36,19-8-24-54)22-27-60-5)37(2)9-6-12-44(35-61-28-26-56)45-17-20-51(48(45)58)47-41(18-25-55)15-16-43(46(47)38(3)34-57)32-50(51,59)21-23-52-4/h6-7,9-13,15-16,29,34,41-43,45,47-48,52-56,58-59H,2,8,14,17-28,30-33,35H2,1,3-5H3/b9-6+,36-13+,44-12-,46-38?/t41-,42+,43+,45+,47+,48-,49-,50-,51-/m1/s1. The highest BCUT2D eigenvalue weighted by atomic mass is 16.5. The summed E-state index contributed by atoms with van der Waals surface area (Å²) < 4.78 is 11.5. The summed E-state index contributed by atoms with van der Waals surface area (Å²) in [6, 6.07) is 8.84. The van der Waals surface area contributed by atoms with Crippen molar-refractivity contribution in [3.05, 3.63) is 106 Å². The SMILES string of the molecule is C=C(/C=C/C=C(/COCCO)[C@@H]1CC[C@]2([C@@H]1O)[C@@H]1C(=C(C)C=O)[C@@H](C=C[C@@H]1CCO)C[C@]2(O)CCNC)[C@H]1C/C=C(\C)CN[C@](CCCO)(CCOC)Cc2cccc(c2)C1. The molecule has 1 aromatic rings. The maximum absolute atomic E-state index is 12.9. The molecule has 0 amide bonds. The van der Waals surface area contributed by atoms with Crippen LogP contribution in [0.1, 0.15) is 82.8 Å². The Kier molecular flexibility index (Phi) is 18.5. The van der Waals surface area contributed by atoms with Gasteiger partial charge in [0.05, 0.1) is 31.5 Å². The Morgan fingerprint density at radius 1 is 1.08 bits per heavy atom. The average molecular weight is 845 g/mol. The fourth-order valence-electron chi connectivity index (χ4n) is 11.5. The molecular formula is C51H76N2O8. The molecule has 0 radical (unpaired) electrons. The van der Waals surface area contributed by atoms with Gasteiger partial charge in [-0.1, -0.05) is 84.0 Å². The van der Waals surface area contributed by atoms with Crippen molar-refractivity contribution in [1.82, 2.24) is 10.6 Å². The molecule has 0 saturated heterocycles. The first kappa shape index (κ1) is 49.0. The van der Waals surface area contributed by atoms with Crippen molar-refractivity contribution >= 4 is 6.29 Å². The van der Waals surface area contributed by atoms with Gasteiger partial charge in [-0.3, -0.25) is 4.79 Å². The van der Waals surface area contributed by atoms with Crippen molar-refractivity contribution in [2.24, 2.45) is 35.0 Å². The van der Waals surface area contributed by atoms with Gasteiger partial charge in [0.25, 0.3) is 0 Å². The fourth-order valence-corrected chi connectivity index (χ4v) is 11.5. The van der Waals surface area contributed by atoms with Crippen LogP contribution in [0.15, 0.2) is 95.2 Å². The first-order valence-corrected chi connectivity index (χ1v) is 22.8. The molecule has 61 heavy (non-hydrogen) atoms. The van der Waals surface area contributed by atoms with Crippen molar-refractivity contribution in [3.63, 3.8) is 0 Å². The Hall–Kier alpha value is -3.03. The third kappa shape index (κ3) is 11.4. The van der Waals surface area contributed by atoms with E-state index in [1.165, 1.54) is 16.7 Å². The number of ether oxygens (including phenoxy) is 2. The minimum absolute atomic E-state index is 0.0390. The largest absolute Gasteiger partial charge is 0.396 e. The number of benzene rings is 1. The second-order valence-corrected chi connectivity index (χ2v) is 18.5. The van der Waals surface area contributed by atoms with Crippen LogP contribution in [0.3, 0.4) is 0 Å². The number of aliphatic hydroxyl groups is 5. The fraction of sp³-hybridized carbons (Fsp3) is 0.627. The van der Waals surface area contributed by atoms with E-state index in [1.807, 2.05) is 26.1 Å². The summed E-state index contributed by atoms with van der Waals surface area (Å²) in [5.74, 6) is -0.794. The Labute approximate surface area is 365 Å². The Balaban J connectivity index is 1.46. The number of hydrogen-bond donors (Lipinski definition) is 7. The van der Waals surface area contributed by atoms with Crippen molar-refractivity contribution < 1.29 is 39.8 Å². The predicted molar refractivity (Wildman–Crippen MR) is 243 cm³/mol. The molecule has 4 aliphatic rings. The molecule has 2 fully saturated rings. The van der Waals surface area contributed by atoms with Gasteiger partial charge in [-0.15, -0.1) is 0 Å². The predicted octanol–water partition coefficient (Wildman–Crippen LogP) is 5.74. The molecule has 5 rings (SSSR count). The molecule has 3 aliphatic carbocycles. The van der Waals surface area contributed by atoms with E-state index in [2.05, 4.69) is 72.7 Å². The highest BCUT2D eigenvalue weighted by Crippen LogP contribution is 2.67. The molecule has 9 atom stereocenters. The minimum atomic E-state index is -1.23. The van der Waals surface area contributed by atoms with Crippen LogP contribution in [0.5, 0.6) is 0 Å². The molecule has 4 bridgehead atoms. The van der Waals surface area contributed by atoms with Crippen LogP contribution in [-0.4, -0.2) is 116 Å². The highest BCUT2D eigenvalue weighted by Gasteiger charge is 2.68. The number of aliphatic hydroxyl groups excluding tert-OH is 4. The Morgan fingerprint density at radius 2 is 1.89 bits per heavy atom. The van der Waals surface area contributed by atoms with Gasteiger partial charge in [-0.2, -0.15) is 0 Å². The van der Waals surface area contributed by atoms with E-state index in [0.717, 1.165) is 68.1 Å². The quantitative estimate of drug-likeness (QED) is 0.0284. The lowest BCUT2D eigenvalue weighted by Gasteiger charge is -2.61. The number of allylic oxidation sites excluding steroid dienone is 9. The number of hydrogen-bond acceptors (Lipinski definition) is 10. The maximum Gasteiger partial charge on any atom is 0.145 e. The zero-order valence-electron chi connectivity index (χ0n) is 37.4. The number of rotatable bonds is 20. The van der Waals surface area contributed by atoms with Gasteiger partial charge in [0, 0.05) is 56.3 Å². The lowest BCUT2D eigenvalue weighted by atomic mass is 9.45. The highest BCUT2D eigenvalue weighted by molar-refractivity contribution is 5.74. The number of methoxy groups -OCH3 is 1. The second-order valence-electron chi connectivity index (χ2n) is 18.5. The summed E-state index contributed by atoms with van der Waals surface area (Å²) in [6.07, 6.45) is 20.0. The molecule has 338 valence electrons. The number of aldehydes is 1. The maximum atomic E-state index is 12.9. The summed E-state index contributed by atoms with van der Waals surface area (Å²) in [5.41, 5.74) is 4.86. The zero-order chi connectivity index (χ0) is 44.0. The van der Waals surface area contributed by atoms with Crippen LogP contribution in [0.2, 0.25) is 0 Å². The van der Waals surface area contributed by atoms with Crippen LogP contribution < -0.4 is 10.6 Å². The lowest BCUT2D eigenvalue weighted by molar-refractivity contribution is -0.194. The van der Waals surface area contributed by atoms with Crippen molar-refractivity contribution in [3.8, 4) is 0 Å². The molecule has 7 N–H and O–H groups in total. The molecular weight excluding hydrogens is 769 g/mol. The van der Waals surface area contributed by atoms with E-state index in [4.69, 9.17) is 9.47 Å². The van der Waals surface area contributed by atoms with Gasteiger partial charge >= 0.3 is 0 Å². The smallest absolute Gasteiger partial charge is 0.145 e. The molecule has 10 heteroatoms. The summed E-state index contributed by atoms with van der Waals surface area (Å²) in [7, 11) is 3.61. The summed E-state index contributed by atoms with van der Waals surface area (Å²) in [5, 5.41) is 62.6. The molecule has 0 unspecified atom stereocenters. The van der Waals surface area contributed by atoms with E-state index in [-0.39, 0.29) is 68.2 Å². The minimum Gasteiger partial charge on any atom is -0.396 e. The van der Waals surface area contributed by atoms with Crippen LogP contribution in [0, 0.1) is 35.0 Å². The van der Waals surface area contributed by atoms with Gasteiger partial charge in [-0.05, 0) is 138 Å². The second kappa shape index (κ2) is 23.1. The van der Waals surface area contributed by atoms with Gasteiger partial charge in [0.1, 0.15) is 6.29 Å². The molecule has 10 nitrogen and oxygen atoms in total. The van der Waals surface area contributed by atoms with E-state index in [0.29, 0.717) is 50.8 Å².